The van der Waals surface area contributed by atoms with Gasteiger partial charge in [-0.1, -0.05) is 39.5 Å². The Kier molecular flexibility index (Phi) is 5.36. The van der Waals surface area contributed by atoms with Gasteiger partial charge < -0.3 is 5.73 Å². The van der Waals surface area contributed by atoms with Gasteiger partial charge in [0.1, 0.15) is 0 Å². The highest BCUT2D eigenvalue weighted by atomic mass is 16.1. The van der Waals surface area contributed by atoms with E-state index in [9.17, 15) is 4.79 Å². The molecule has 0 atom stereocenters. The second-order valence-electron chi connectivity index (χ2n) is 5.50. The first-order chi connectivity index (χ1) is 10.2. The summed E-state index contributed by atoms with van der Waals surface area (Å²) >= 11 is 0. The summed E-state index contributed by atoms with van der Waals surface area (Å²) < 4.78 is 1.38. The topological polar surface area (TPSA) is 89.1 Å². The Bertz CT molecular complexity index is 643. The minimum atomic E-state index is -0.313. The molecule has 0 bridgehead atoms. The Balaban J connectivity index is 2.39. The first-order valence-corrected chi connectivity index (χ1v) is 7.93. The lowest BCUT2D eigenvalue weighted by Gasteiger charge is -2.11. The third-order valence-electron chi connectivity index (χ3n) is 3.82. The van der Waals surface area contributed by atoms with Crippen molar-refractivity contribution in [2.45, 2.75) is 65.2 Å². The van der Waals surface area contributed by atoms with Gasteiger partial charge in [-0.2, -0.15) is 5.10 Å². The van der Waals surface area contributed by atoms with Gasteiger partial charge in [0.05, 0.1) is 5.69 Å². The number of aryl methyl sites for hydroxylation is 2. The van der Waals surface area contributed by atoms with Gasteiger partial charge in [0.2, 0.25) is 5.95 Å². The monoisotopic (exact) mass is 291 g/mol. The smallest absolute Gasteiger partial charge is 0.350 e. The molecule has 0 saturated carbocycles. The van der Waals surface area contributed by atoms with Crippen molar-refractivity contribution < 1.29 is 0 Å². The van der Waals surface area contributed by atoms with E-state index in [-0.39, 0.29) is 11.6 Å². The Hall–Kier alpha value is -1.85. The lowest BCUT2D eigenvalue weighted by molar-refractivity contribution is 0.682. The van der Waals surface area contributed by atoms with Crippen LogP contribution < -0.4 is 11.4 Å². The summed E-state index contributed by atoms with van der Waals surface area (Å²) in [7, 11) is 0. The van der Waals surface area contributed by atoms with Crippen molar-refractivity contribution in [3.05, 3.63) is 21.7 Å². The van der Waals surface area contributed by atoms with Gasteiger partial charge in [-0.3, -0.25) is 0 Å². The highest BCUT2D eigenvalue weighted by Crippen LogP contribution is 2.19. The number of fused-ring (bicyclic) bond motifs is 1. The molecule has 21 heavy (non-hydrogen) atoms. The molecule has 0 aliphatic rings. The number of rotatable bonds is 8. The van der Waals surface area contributed by atoms with Gasteiger partial charge >= 0.3 is 5.69 Å². The van der Waals surface area contributed by atoms with Gasteiger partial charge in [0.25, 0.3) is 0 Å². The minimum absolute atomic E-state index is 0.231. The maximum atomic E-state index is 11.8. The number of anilines is 1. The molecular weight excluding hydrogens is 266 g/mol. The summed E-state index contributed by atoms with van der Waals surface area (Å²) in [6.45, 7) is 4.36. The molecule has 2 rings (SSSR count). The molecule has 0 spiro atoms. The number of nitrogens with two attached hydrogens (primary N) is 1. The van der Waals surface area contributed by atoms with Crippen LogP contribution in [0.1, 0.15) is 63.6 Å². The molecule has 0 unspecified atom stereocenters. The fourth-order valence-electron chi connectivity index (χ4n) is 2.65. The predicted molar refractivity (Wildman–Crippen MR) is 84.5 cm³/mol. The summed E-state index contributed by atoms with van der Waals surface area (Å²) in [5, 5.41) is 6.63. The summed E-state index contributed by atoms with van der Waals surface area (Å²) in [4.78, 5) is 16.2. The summed E-state index contributed by atoms with van der Waals surface area (Å²) in [5.74, 6) is 0.231. The fourth-order valence-corrected chi connectivity index (χ4v) is 2.65. The van der Waals surface area contributed by atoms with Crippen LogP contribution in [0.15, 0.2) is 4.79 Å². The number of nitrogen functional groups attached to an aromatic ring is 1. The van der Waals surface area contributed by atoms with Gasteiger partial charge in [-0.25, -0.2) is 19.3 Å². The molecular formula is C15H25N5O. The standard InChI is InChI=1S/C15H25N5O/c1-3-5-7-9-11-12(10-8-6-4-2)17-14(16)20-13(11)18-19-15(20)21/h3-10H2,1-2H3,(H2,16,17)(H,19,21). The van der Waals surface area contributed by atoms with E-state index < -0.39 is 0 Å². The fraction of sp³-hybridized carbons (Fsp3) is 0.667. The maximum Gasteiger partial charge on any atom is 0.350 e. The number of aromatic amines is 1. The Morgan fingerprint density at radius 3 is 2.43 bits per heavy atom. The van der Waals surface area contributed by atoms with Crippen molar-refractivity contribution in [2.24, 2.45) is 0 Å². The van der Waals surface area contributed by atoms with E-state index in [0.29, 0.717) is 5.65 Å². The average molecular weight is 291 g/mol. The predicted octanol–water partition coefficient (Wildman–Crippen LogP) is 2.47. The van der Waals surface area contributed by atoms with E-state index in [0.717, 1.165) is 43.4 Å². The van der Waals surface area contributed by atoms with Crippen LogP contribution >= 0.6 is 0 Å². The highest BCUT2D eigenvalue weighted by Gasteiger charge is 2.15. The van der Waals surface area contributed by atoms with Gasteiger partial charge in [0.15, 0.2) is 5.65 Å². The molecule has 0 fully saturated rings. The zero-order valence-corrected chi connectivity index (χ0v) is 13.0. The van der Waals surface area contributed by atoms with Crippen molar-refractivity contribution in [1.29, 1.82) is 0 Å². The molecule has 0 aliphatic carbocycles. The first-order valence-electron chi connectivity index (χ1n) is 7.93. The Labute approximate surface area is 124 Å². The third kappa shape index (κ3) is 3.43. The van der Waals surface area contributed by atoms with E-state index in [1.165, 1.54) is 23.7 Å². The van der Waals surface area contributed by atoms with Crippen molar-refractivity contribution in [3.63, 3.8) is 0 Å². The quantitative estimate of drug-likeness (QED) is 0.731. The molecule has 6 nitrogen and oxygen atoms in total. The summed E-state index contributed by atoms with van der Waals surface area (Å²) in [6.07, 6.45) is 8.65. The molecule has 0 amide bonds. The maximum absolute atomic E-state index is 11.8. The second-order valence-corrected chi connectivity index (χ2v) is 5.50. The molecule has 0 radical (unpaired) electrons. The van der Waals surface area contributed by atoms with Crippen LogP contribution in [0.4, 0.5) is 5.95 Å². The molecule has 3 N–H and O–H groups in total. The zero-order chi connectivity index (χ0) is 15.2. The summed E-state index contributed by atoms with van der Waals surface area (Å²) in [5.41, 5.74) is 8.34. The van der Waals surface area contributed by atoms with Crippen molar-refractivity contribution >= 4 is 11.6 Å². The number of nitrogens with zero attached hydrogens (tertiary/aromatic N) is 3. The van der Waals surface area contributed by atoms with Crippen LogP contribution in [0.25, 0.3) is 5.65 Å². The highest BCUT2D eigenvalue weighted by molar-refractivity contribution is 5.53. The van der Waals surface area contributed by atoms with Crippen LogP contribution in [0, 0.1) is 0 Å². The number of unbranched alkanes of at least 4 members (excludes halogenated alkanes) is 4. The number of hydrogen-bond acceptors (Lipinski definition) is 4. The van der Waals surface area contributed by atoms with E-state index in [2.05, 4.69) is 29.0 Å². The largest absolute Gasteiger partial charge is 0.369 e. The molecule has 2 aromatic heterocycles. The zero-order valence-electron chi connectivity index (χ0n) is 13.0. The normalized spacial score (nSPS) is 11.3. The lowest BCUT2D eigenvalue weighted by atomic mass is 10.0. The SMILES string of the molecule is CCCCCc1nc(N)n2c(=O)[nH]nc2c1CCCCC. The average Bonchev–Trinajstić information content (AvgIpc) is 2.85. The molecule has 0 saturated heterocycles. The number of nitrogens with one attached hydrogen (secondary N) is 1. The molecule has 0 aromatic carbocycles. The summed E-state index contributed by atoms with van der Waals surface area (Å²) in [6, 6.07) is 0. The van der Waals surface area contributed by atoms with E-state index in [1.807, 2.05) is 0 Å². The van der Waals surface area contributed by atoms with Crippen LogP contribution in [-0.2, 0) is 12.8 Å². The van der Waals surface area contributed by atoms with Gasteiger partial charge in [0, 0.05) is 5.56 Å². The van der Waals surface area contributed by atoms with Crippen molar-refractivity contribution in [3.8, 4) is 0 Å². The minimum Gasteiger partial charge on any atom is -0.369 e. The van der Waals surface area contributed by atoms with Crippen LogP contribution in [-0.4, -0.2) is 19.6 Å². The molecule has 6 heteroatoms. The van der Waals surface area contributed by atoms with E-state index in [4.69, 9.17) is 5.73 Å². The molecule has 116 valence electrons. The van der Waals surface area contributed by atoms with E-state index >= 15 is 0 Å². The molecule has 0 aliphatic heterocycles. The van der Waals surface area contributed by atoms with Crippen LogP contribution in [0.2, 0.25) is 0 Å². The second kappa shape index (κ2) is 7.24. The Morgan fingerprint density at radius 2 is 1.76 bits per heavy atom. The van der Waals surface area contributed by atoms with Gasteiger partial charge in [-0.05, 0) is 25.7 Å². The number of H-pyrrole nitrogens is 1. The molecule has 2 heterocycles. The van der Waals surface area contributed by atoms with Crippen molar-refractivity contribution in [2.75, 3.05) is 5.73 Å². The first kappa shape index (κ1) is 15.5. The lowest BCUT2D eigenvalue weighted by Crippen LogP contribution is -2.17. The van der Waals surface area contributed by atoms with Crippen LogP contribution in [0.3, 0.4) is 0 Å². The van der Waals surface area contributed by atoms with E-state index in [1.54, 1.807) is 0 Å². The number of aromatic nitrogens is 4. The number of hydrogen-bond donors (Lipinski definition) is 2. The van der Waals surface area contributed by atoms with Gasteiger partial charge in [-0.15, -0.1) is 0 Å². The van der Waals surface area contributed by atoms with Crippen molar-refractivity contribution in [1.82, 2.24) is 19.6 Å². The van der Waals surface area contributed by atoms with Crippen LogP contribution in [0.5, 0.6) is 0 Å². The Morgan fingerprint density at radius 1 is 1.10 bits per heavy atom. The third-order valence-corrected chi connectivity index (χ3v) is 3.82. The molecule has 2 aromatic rings.